The Labute approximate surface area is 148 Å². The van der Waals surface area contributed by atoms with Gasteiger partial charge in [-0.3, -0.25) is 10.1 Å². The highest BCUT2D eigenvalue weighted by atomic mass is 16.6. The number of ether oxygens (including phenoxy) is 1. The second kappa shape index (κ2) is 7.14. The Kier molecular flexibility index (Phi) is 4.74. The Morgan fingerprint density at radius 3 is 2.81 bits per heavy atom. The highest BCUT2D eigenvalue weighted by Gasteiger charge is 2.22. The molecule has 0 aliphatic rings. The molecule has 0 atom stereocenters. The molecule has 8 heteroatoms. The number of carboxylic acid groups (broad SMARTS) is 1. The van der Waals surface area contributed by atoms with Gasteiger partial charge in [-0.25, -0.2) is 4.79 Å². The van der Waals surface area contributed by atoms with Gasteiger partial charge in [0.2, 0.25) is 0 Å². The highest BCUT2D eigenvalue weighted by molar-refractivity contribution is 5.96. The van der Waals surface area contributed by atoms with Gasteiger partial charge in [-0.05, 0) is 18.1 Å². The molecular weight excluding hydrogens is 338 g/mol. The van der Waals surface area contributed by atoms with Gasteiger partial charge in [0, 0.05) is 35.8 Å². The number of hydrogen-bond donors (Lipinski definition) is 3. The van der Waals surface area contributed by atoms with E-state index < -0.39 is 10.9 Å². The number of nitrogens with one attached hydrogen (secondary N) is 2. The van der Waals surface area contributed by atoms with Gasteiger partial charge in [-0.1, -0.05) is 18.2 Å². The number of carboxylic acids is 1. The van der Waals surface area contributed by atoms with E-state index >= 15 is 0 Å². The zero-order valence-electron chi connectivity index (χ0n) is 14.0. The number of para-hydroxylation sites is 1. The van der Waals surface area contributed by atoms with E-state index in [0.717, 1.165) is 22.5 Å². The van der Waals surface area contributed by atoms with Crippen LogP contribution in [0.4, 0.5) is 11.4 Å². The number of aromatic amines is 1. The third kappa shape index (κ3) is 3.30. The van der Waals surface area contributed by atoms with Crippen molar-refractivity contribution in [3.8, 4) is 5.75 Å². The lowest BCUT2D eigenvalue weighted by molar-refractivity contribution is -0.385. The number of fused-ring (bicyclic) bond motifs is 1. The fourth-order valence-corrected chi connectivity index (χ4v) is 2.87. The van der Waals surface area contributed by atoms with Crippen LogP contribution in [0.2, 0.25) is 0 Å². The number of rotatable bonds is 7. The molecule has 0 unspecified atom stereocenters. The van der Waals surface area contributed by atoms with Crippen molar-refractivity contribution in [3.05, 3.63) is 63.8 Å². The van der Waals surface area contributed by atoms with Gasteiger partial charge in [0.1, 0.15) is 0 Å². The molecule has 3 N–H and O–H groups in total. The van der Waals surface area contributed by atoms with E-state index in [1.165, 1.54) is 13.2 Å². The van der Waals surface area contributed by atoms with Crippen molar-refractivity contribution in [1.82, 2.24) is 4.98 Å². The highest BCUT2D eigenvalue weighted by Crippen LogP contribution is 2.33. The van der Waals surface area contributed by atoms with E-state index in [-0.39, 0.29) is 22.7 Å². The first-order chi connectivity index (χ1) is 12.5. The molecular formula is C18H17N3O5. The summed E-state index contributed by atoms with van der Waals surface area (Å²) in [6.45, 7) is 0.461. The number of H-pyrrole nitrogens is 1. The van der Waals surface area contributed by atoms with Crippen molar-refractivity contribution in [2.45, 2.75) is 6.42 Å². The van der Waals surface area contributed by atoms with Crippen LogP contribution in [0.25, 0.3) is 10.9 Å². The van der Waals surface area contributed by atoms with Crippen LogP contribution in [0.5, 0.6) is 5.75 Å². The predicted octanol–water partition coefficient (Wildman–Crippen LogP) is 3.44. The molecule has 0 aliphatic carbocycles. The number of nitro benzene ring substituents is 1. The predicted molar refractivity (Wildman–Crippen MR) is 97.1 cm³/mol. The normalized spacial score (nSPS) is 10.7. The van der Waals surface area contributed by atoms with Crippen molar-refractivity contribution in [2.75, 3.05) is 19.0 Å². The van der Waals surface area contributed by atoms with Crippen LogP contribution in [0.15, 0.2) is 42.6 Å². The van der Waals surface area contributed by atoms with Crippen LogP contribution in [0.1, 0.15) is 15.9 Å². The number of aromatic nitrogens is 1. The molecule has 0 radical (unpaired) electrons. The van der Waals surface area contributed by atoms with E-state index in [4.69, 9.17) is 4.74 Å². The maximum absolute atomic E-state index is 11.5. The fraction of sp³-hybridized carbons (Fsp3) is 0.167. The average Bonchev–Trinajstić information content (AvgIpc) is 3.04. The first kappa shape index (κ1) is 17.3. The van der Waals surface area contributed by atoms with Gasteiger partial charge < -0.3 is 20.1 Å². The molecule has 0 fully saturated rings. The molecule has 0 amide bonds. The molecule has 26 heavy (non-hydrogen) atoms. The monoisotopic (exact) mass is 355 g/mol. The van der Waals surface area contributed by atoms with Crippen molar-refractivity contribution in [3.63, 3.8) is 0 Å². The summed E-state index contributed by atoms with van der Waals surface area (Å²) in [6, 6.07) is 10.3. The lowest BCUT2D eigenvalue weighted by Crippen LogP contribution is -2.10. The van der Waals surface area contributed by atoms with E-state index in [9.17, 15) is 20.0 Å². The molecule has 1 aromatic heterocycles. The van der Waals surface area contributed by atoms with Gasteiger partial charge >= 0.3 is 11.7 Å². The zero-order valence-corrected chi connectivity index (χ0v) is 14.0. The Morgan fingerprint density at radius 1 is 1.35 bits per heavy atom. The summed E-state index contributed by atoms with van der Waals surface area (Å²) < 4.78 is 5.01. The first-order valence-electron chi connectivity index (χ1n) is 7.90. The molecule has 0 spiro atoms. The van der Waals surface area contributed by atoms with E-state index in [1.54, 1.807) is 0 Å². The number of aromatic carboxylic acids is 1. The molecule has 8 nitrogen and oxygen atoms in total. The van der Waals surface area contributed by atoms with Crippen molar-refractivity contribution in [2.24, 2.45) is 0 Å². The average molecular weight is 355 g/mol. The lowest BCUT2D eigenvalue weighted by atomic mass is 10.1. The number of anilines is 1. The summed E-state index contributed by atoms with van der Waals surface area (Å²) in [5.74, 6) is -1.24. The molecule has 134 valence electrons. The summed E-state index contributed by atoms with van der Waals surface area (Å²) in [5.41, 5.74) is 1.85. The number of methoxy groups -OCH3 is 1. The van der Waals surface area contributed by atoms with Gasteiger partial charge in [-0.2, -0.15) is 0 Å². The molecule has 3 aromatic rings. The van der Waals surface area contributed by atoms with Gasteiger partial charge in [-0.15, -0.1) is 0 Å². The fourth-order valence-electron chi connectivity index (χ4n) is 2.87. The number of nitrogens with zero attached hydrogens (tertiary/aromatic N) is 1. The van der Waals surface area contributed by atoms with Crippen LogP contribution >= 0.6 is 0 Å². The molecule has 0 saturated heterocycles. The maximum atomic E-state index is 11.5. The minimum atomic E-state index is -1.25. The molecule has 0 bridgehead atoms. The van der Waals surface area contributed by atoms with Crippen LogP contribution in [0, 0.1) is 10.1 Å². The largest absolute Gasteiger partial charge is 0.490 e. The second-order valence-electron chi connectivity index (χ2n) is 5.67. The maximum Gasteiger partial charge on any atom is 0.338 e. The standard InChI is InChI=1S/C18H17N3O5/c1-26-17-9-15(13(18(22)23)8-16(17)21(24)25)19-7-6-11-10-20-14-5-3-2-4-12(11)14/h2-5,8-10,19-20H,6-7H2,1H3,(H,22,23). The first-order valence-corrected chi connectivity index (χ1v) is 7.90. The number of carbonyl (C=O) groups is 1. The number of benzene rings is 2. The summed E-state index contributed by atoms with van der Waals surface area (Å²) in [4.78, 5) is 25.0. The van der Waals surface area contributed by atoms with Gasteiger partial charge in [0.15, 0.2) is 5.75 Å². The lowest BCUT2D eigenvalue weighted by Gasteiger charge is -2.11. The number of hydrogen-bond acceptors (Lipinski definition) is 5. The molecule has 0 aliphatic heterocycles. The molecule has 3 rings (SSSR count). The summed E-state index contributed by atoms with van der Waals surface area (Å²) in [6.07, 6.45) is 2.57. The minimum Gasteiger partial charge on any atom is -0.490 e. The molecule has 1 heterocycles. The Morgan fingerprint density at radius 2 is 2.12 bits per heavy atom. The van der Waals surface area contributed by atoms with E-state index in [0.29, 0.717) is 13.0 Å². The summed E-state index contributed by atoms with van der Waals surface area (Å²) >= 11 is 0. The number of nitro groups is 1. The third-order valence-electron chi connectivity index (χ3n) is 4.13. The van der Waals surface area contributed by atoms with Crippen molar-refractivity contribution < 1.29 is 19.6 Å². The van der Waals surface area contributed by atoms with Crippen LogP contribution in [0.3, 0.4) is 0 Å². The summed E-state index contributed by atoms with van der Waals surface area (Å²) in [7, 11) is 1.30. The van der Waals surface area contributed by atoms with Crippen LogP contribution in [-0.2, 0) is 6.42 Å². The third-order valence-corrected chi connectivity index (χ3v) is 4.13. The van der Waals surface area contributed by atoms with Gasteiger partial charge in [0.25, 0.3) is 0 Å². The zero-order chi connectivity index (χ0) is 18.7. The Bertz CT molecular complexity index is 980. The van der Waals surface area contributed by atoms with Crippen molar-refractivity contribution >= 4 is 28.2 Å². The SMILES string of the molecule is COc1cc(NCCc2c[nH]c3ccccc23)c(C(=O)O)cc1[N+](=O)[O-]. The molecule has 2 aromatic carbocycles. The topological polar surface area (TPSA) is 117 Å². The van der Waals surface area contributed by atoms with Crippen LogP contribution in [-0.4, -0.2) is 34.6 Å². The Balaban J connectivity index is 1.82. The van der Waals surface area contributed by atoms with Crippen molar-refractivity contribution in [1.29, 1.82) is 0 Å². The Hall–Kier alpha value is -3.55. The van der Waals surface area contributed by atoms with Crippen LogP contribution < -0.4 is 10.1 Å². The quantitative estimate of drug-likeness (QED) is 0.441. The smallest absolute Gasteiger partial charge is 0.338 e. The van der Waals surface area contributed by atoms with E-state index in [1.807, 2.05) is 30.5 Å². The second-order valence-corrected chi connectivity index (χ2v) is 5.67. The van der Waals surface area contributed by atoms with E-state index in [2.05, 4.69) is 10.3 Å². The summed E-state index contributed by atoms with van der Waals surface area (Å²) in [5, 5.41) is 24.6. The minimum absolute atomic E-state index is 0.00888. The van der Waals surface area contributed by atoms with Gasteiger partial charge in [0.05, 0.1) is 23.3 Å². The molecule has 0 saturated carbocycles.